The highest BCUT2D eigenvalue weighted by molar-refractivity contribution is 5.94. The van der Waals surface area contributed by atoms with Gasteiger partial charge in [0.15, 0.2) is 0 Å². The number of fused-ring (bicyclic) bond motifs is 1. The second kappa shape index (κ2) is 5.58. The average molecular weight is 274 g/mol. The first-order valence-corrected chi connectivity index (χ1v) is 6.92. The van der Waals surface area contributed by atoms with Crippen LogP contribution in [0.3, 0.4) is 0 Å². The van der Waals surface area contributed by atoms with Crippen LogP contribution in [-0.4, -0.2) is 54.4 Å². The number of hydrogen-bond donors (Lipinski definition) is 2. The molecule has 20 heavy (non-hydrogen) atoms. The number of rotatable bonds is 3. The van der Waals surface area contributed by atoms with Crippen LogP contribution in [0.15, 0.2) is 24.4 Å². The molecule has 2 saturated heterocycles. The van der Waals surface area contributed by atoms with Gasteiger partial charge in [0.25, 0.3) is 5.91 Å². The number of hydrogen-bond acceptors (Lipinski definition) is 4. The van der Waals surface area contributed by atoms with Gasteiger partial charge >= 0.3 is 0 Å². The van der Waals surface area contributed by atoms with Gasteiger partial charge in [0.05, 0.1) is 6.54 Å². The van der Waals surface area contributed by atoms with Crippen LogP contribution in [0.25, 0.3) is 0 Å². The molecule has 106 valence electrons. The minimum Gasteiger partial charge on any atom is -0.342 e. The minimum absolute atomic E-state index is 0.0105. The van der Waals surface area contributed by atoms with Crippen molar-refractivity contribution in [2.75, 3.05) is 32.7 Å². The third kappa shape index (κ3) is 2.65. The first-order chi connectivity index (χ1) is 9.74. The van der Waals surface area contributed by atoms with E-state index in [1.807, 2.05) is 4.90 Å². The van der Waals surface area contributed by atoms with Crippen LogP contribution < -0.4 is 10.6 Å². The first-order valence-electron chi connectivity index (χ1n) is 6.92. The molecule has 2 fully saturated rings. The third-order valence-corrected chi connectivity index (χ3v) is 4.04. The van der Waals surface area contributed by atoms with E-state index in [0.717, 1.165) is 26.2 Å². The van der Waals surface area contributed by atoms with Crippen molar-refractivity contribution >= 4 is 11.8 Å². The fourth-order valence-electron chi connectivity index (χ4n) is 2.91. The standard InChI is InChI=1S/C14H18N4O2/c19-13(18-8-10-5-15-6-11(10)9-18)7-17-14(20)12-3-1-2-4-16-12/h1-4,10-11,15H,5-9H2,(H,17,20)/t10-,11+. The van der Waals surface area contributed by atoms with Gasteiger partial charge in [-0.25, -0.2) is 0 Å². The van der Waals surface area contributed by atoms with E-state index in [0.29, 0.717) is 17.5 Å². The molecular weight excluding hydrogens is 256 g/mol. The maximum Gasteiger partial charge on any atom is 0.270 e. The Labute approximate surface area is 117 Å². The van der Waals surface area contributed by atoms with Gasteiger partial charge in [-0.15, -0.1) is 0 Å². The summed E-state index contributed by atoms with van der Waals surface area (Å²) in [6.45, 7) is 3.64. The van der Waals surface area contributed by atoms with E-state index in [1.54, 1.807) is 24.4 Å². The van der Waals surface area contributed by atoms with E-state index in [-0.39, 0.29) is 18.4 Å². The summed E-state index contributed by atoms with van der Waals surface area (Å²) >= 11 is 0. The molecule has 0 bridgehead atoms. The number of carbonyl (C=O) groups is 2. The van der Waals surface area contributed by atoms with Crippen LogP contribution in [0.5, 0.6) is 0 Å². The molecule has 0 aliphatic carbocycles. The molecule has 0 saturated carbocycles. The molecule has 6 heteroatoms. The zero-order valence-electron chi connectivity index (χ0n) is 11.2. The van der Waals surface area contributed by atoms with Crippen molar-refractivity contribution in [1.29, 1.82) is 0 Å². The van der Waals surface area contributed by atoms with E-state index in [1.165, 1.54) is 0 Å². The molecule has 1 aromatic rings. The minimum atomic E-state index is -0.306. The fraction of sp³-hybridized carbons (Fsp3) is 0.500. The molecule has 0 radical (unpaired) electrons. The topological polar surface area (TPSA) is 74.3 Å². The summed E-state index contributed by atoms with van der Waals surface area (Å²) in [7, 11) is 0. The van der Waals surface area contributed by atoms with Crippen molar-refractivity contribution in [2.24, 2.45) is 11.8 Å². The molecular formula is C14H18N4O2. The van der Waals surface area contributed by atoms with Gasteiger partial charge in [-0.05, 0) is 24.0 Å². The largest absolute Gasteiger partial charge is 0.342 e. The van der Waals surface area contributed by atoms with E-state index in [2.05, 4.69) is 15.6 Å². The molecule has 3 rings (SSSR count). The summed E-state index contributed by atoms with van der Waals surface area (Å²) in [4.78, 5) is 29.7. The highest BCUT2D eigenvalue weighted by Crippen LogP contribution is 2.25. The van der Waals surface area contributed by atoms with Gasteiger partial charge in [0, 0.05) is 32.4 Å². The summed E-state index contributed by atoms with van der Waals surface area (Å²) in [5, 5.41) is 5.97. The van der Waals surface area contributed by atoms with E-state index in [9.17, 15) is 9.59 Å². The molecule has 2 amide bonds. The Bertz CT molecular complexity index is 493. The van der Waals surface area contributed by atoms with Crippen molar-refractivity contribution in [3.63, 3.8) is 0 Å². The number of aromatic nitrogens is 1. The molecule has 0 aromatic carbocycles. The van der Waals surface area contributed by atoms with Crippen molar-refractivity contribution in [3.05, 3.63) is 30.1 Å². The lowest BCUT2D eigenvalue weighted by molar-refractivity contribution is -0.129. The molecule has 0 unspecified atom stereocenters. The Balaban J connectivity index is 1.49. The van der Waals surface area contributed by atoms with Gasteiger partial charge in [-0.3, -0.25) is 14.6 Å². The zero-order valence-corrected chi connectivity index (χ0v) is 11.2. The number of pyridine rings is 1. The van der Waals surface area contributed by atoms with Crippen LogP contribution in [0.4, 0.5) is 0 Å². The quantitative estimate of drug-likeness (QED) is 0.778. The molecule has 2 aliphatic rings. The summed E-state index contributed by atoms with van der Waals surface area (Å²) < 4.78 is 0. The van der Waals surface area contributed by atoms with Gasteiger partial charge in [-0.2, -0.15) is 0 Å². The Morgan fingerprint density at radius 3 is 2.70 bits per heavy atom. The molecule has 2 aliphatic heterocycles. The number of likely N-dealkylation sites (tertiary alicyclic amines) is 1. The van der Waals surface area contributed by atoms with Crippen LogP contribution in [0, 0.1) is 11.8 Å². The fourth-order valence-corrected chi connectivity index (χ4v) is 2.91. The highest BCUT2D eigenvalue weighted by Gasteiger charge is 2.37. The van der Waals surface area contributed by atoms with Crippen LogP contribution in [0.1, 0.15) is 10.5 Å². The zero-order chi connectivity index (χ0) is 13.9. The summed E-state index contributed by atoms with van der Waals surface area (Å²) in [6, 6.07) is 5.13. The molecule has 1 aromatic heterocycles. The third-order valence-electron chi connectivity index (χ3n) is 4.04. The van der Waals surface area contributed by atoms with E-state index < -0.39 is 0 Å². The van der Waals surface area contributed by atoms with Gasteiger partial charge in [0.2, 0.25) is 5.91 Å². The molecule has 6 nitrogen and oxygen atoms in total. The van der Waals surface area contributed by atoms with Crippen LogP contribution in [-0.2, 0) is 4.79 Å². The Morgan fingerprint density at radius 2 is 2.05 bits per heavy atom. The molecule has 2 atom stereocenters. The SMILES string of the molecule is O=C(NCC(=O)N1C[C@H]2CNC[C@H]2C1)c1ccccn1. The van der Waals surface area contributed by atoms with Crippen LogP contribution >= 0.6 is 0 Å². The Morgan fingerprint density at radius 1 is 1.30 bits per heavy atom. The average Bonchev–Trinajstić information content (AvgIpc) is 3.06. The van der Waals surface area contributed by atoms with Crippen molar-refractivity contribution in [3.8, 4) is 0 Å². The number of nitrogens with one attached hydrogen (secondary N) is 2. The molecule has 3 heterocycles. The van der Waals surface area contributed by atoms with E-state index >= 15 is 0 Å². The molecule has 0 spiro atoms. The normalized spacial score (nSPS) is 24.5. The van der Waals surface area contributed by atoms with Gasteiger partial charge < -0.3 is 15.5 Å². The first kappa shape index (κ1) is 13.1. The number of carbonyl (C=O) groups excluding carboxylic acids is 2. The lowest BCUT2D eigenvalue weighted by Crippen LogP contribution is -2.40. The van der Waals surface area contributed by atoms with Crippen LogP contribution in [0.2, 0.25) is 0 Å². The lowest BCUT2D eigenvalue weighted by atomic mass is 10.0. The van der Waals surface area contributed by atoms with Crippen molar-refractivity contribution in [2.45, 2.75) is 0 Å². The second-order valence-electron chi connectivity index (χ2n) is 5.37. The monoisotopic (exact) mass is 274 g/mol. The summed E-state index contributed by atoms with van der Waals surface area (Å²) in [6.07, 6.45) is 1.56. The smallest absolute Gasteiger partial charge is 0.270 e. The summed E-state index contributed by atoms with van der Waals surface area (Å²) in [5.41, 5.74) is 0.336. The maximum atomic E-state index is 12.1. The summed E-state index contributed by atoms with van der Waals surface area (Å²) in [5.74, 6) is 0.833. The number of nitrogens with zero attached hydrogens (tertiary/aromatic N) is 2. The maximum absolute atomic E-state index is 12.1. The van der Waals surface area contributed by atoms with E-state index in [4.69, 9.17) is 0 Å². The van der Waals surface area contributed by atoms with Crippen molar-refractivity contribution < 1.29 is 9.59 Å². The second-order valence-corrected chi connectivity index (χ2v) is 5.37. The highest BCUT2D eigenvalue weighted by atomic mass is 16.2. The Hall–Kier alpha value is -1.95. The molecule has 2 N–H and O–H groups in total. The Kier molecular flexibility index (Phi) is 3.64. The van der Waals surface area contributed by atoms with Crippen molar-refractivity contribution in [1.82, 2.24) is 20.5 Å². The number of amides is 2. The lowest BCUT2D eigenvalue weighted by Gasteiger charge is -2.17. The predicted octanol–water partition coefficient (Wildman–Crippen LogP) is -0.511. The van der Waals surface area contributed by atoms with Gasteiger partial charge in [-0.1, -0.05) is 6.07 Å². The van der Waals surface area contributed by atoms with Gasteiger partial charge in [0.1, 0.15) is 5.69 Å². The predicted molar refractivity (Wildman–Crippen MR) is 73.0 cm³/mol.